The maximum Gasteiger partial charge on any atom is 0.242 e. The molecule has 0 aromatic heterocycles. The number of para-hydroxylation sites is 1. The first-order valence-electron chi connectivity index (χ1n) is 8.30. The zero-order valence-electron chi connectivity index (χ0n) is 13.3. The highest BCUT2D eigenvalue weighted by atomic mass is 16.2. The third-order valence-electron chi connectivity index (χ3n) is 4.60. The molecule has 2 aliphatic heterocycles. The van der Waals surface area contributed by atoms with Gasteiger partial charge in [-0.3, -0.25) is 9.59 Å². The van der Waals surface area contributed by atoms with E-state index in [1.807, 2.05) is 23.1 Å². The summed E-state index contributed by atoms with van der Waals surface area (Å²) in [4.78, 5) is 28.3. The molecule has 1 aromatic rings. The Kier molecular flexibility index (Phi) is 5.12. The molecule has 0 bridgehead atoms. The minimum atomic E-state index is -0.00808. The average molecular weight is 316 g/mol. The summed E-state index contributed by atoms with van der Waals surface area (Å²) in [5, 5.41) is 5.94. The number of anilines is 1. The van der Waals surface area contributed by atoms with Crippen molar-refractivity contribution in [3.8, 4) is 0 Å². The van der Waals surface area contributed by atoms with Crippen LogP contribution in [0.3, 0.4) is 0 Å². The van der Waals surface area contributed by atoms with Crippen LogP contribution in [0.15, 0.2) is 30.3 Å². The lowest BCUT2D eigenvalue weighted by Crippen LogP contribution is -2.51. The molecule has 3 rings (SSSR count). The van der Waals surface area contributed by atoms with Gasteiger partial charge in [-0.25, -0.2) is 0 Å². The molecule has 6 heteroatoms. The summed E-state index contributed by atoms with van der Waals surface area (Å²) in [6.07, 6.45) is 0.857. The highest BCUT2D eigenvalue weighted by Crippen LogP contribution is 2.15. The van der Waals surface area contributed by atoms with Gasteiger partial charge in [0, 0.05) is 38.4 Å². The van der Waals surface area contributed by atoms with Gasteiger partial charge in [-0.05, 0) is 25.1 Å². The van der Waals surface area contributed by atoms with Crippen molar-refractivity contribution in [3.63, 3.8) is 0 Å². The lowest BCUT2D eigenvalue weighted by Gasteiger charge is -2.36. The van der Waals surface area contributed by atoms with E-state index in [4.69, 9.17) is 0 Å². The molecule has 2 heterocycles. The number of hydrogen-bond donors (Lipinski definition) is 2. The van der Waals surface area contributed by atoms with E-state index < -0.39 is 0 Å². The molecule has 2 N–H and O–H groups in total. The zero-order chi connectivity index (χ0) is 16.1. The Labute approximate surface area is 136 Å². The highest BCUT2D eigenvalue weighted by Gasteiger charge is 2.25. The molecule has 1 aromatic carbocycles. The molecule has 0 radical (unpaired) electrons. The Bertz CT molecular complexity index is 535. The molecular formula is C17H24N4O2. The minimum Gasteiger partial charge on any atom is -0.368 e. The van der Waals surface area contributed by atoms with Crippen molar-refractivity contribution < 1.29 is 9.59 Å². The standard InChI is InChI=1S/C17H24N4O2/c22-16(13-19-17(23)14-6-7-18-12-14)21-10-8-20(9-11-21)15-4-2-1-3-5-15/h1-5,14,18H,6-13H2,(H,19,23). The van der Waals surface area contributed by atoms with Crippen LogP contribution in [0.1, 0.15) is 6.42 Å². The lowest BCUT2D eigenvalue weighted by molar-refractivity contribution is -0.134. The van der Waals surface area contributed by atoms with Crippen LogP contribution in [0, 0.1) is 5.92 Å². The number of amides is 2. The third kappa shape index (κ3) is 4.01. The zero-order valence-corrected chi connectivity index (χ0v) is 13.3. The summed E-state index contributed by atoms with van der Waals surface area (Å²) in [5.74, 6) is 0.0148. The van der Waals surface area contributed by atoms with Gasteiger partial charge in [-0.15, -0.1) is 0 Å². The van der Waals surface area contributed by atoms with Crippen LogP contribution < -0.4 is 15.5 Å². The monoisotopic (exact) mass is 316 g/mol. The van der Waals surface area contributed by atoms with Crippen LogP contribution in [-0.2, 0) is 9.59 Å². The summed E-state index contributed by atoms with van der Waals surface area (Å²) in [5.41, 5.74) is 1.20. The second-order valence-electron chi connectivity index (χ2n) is 6.11. The molecule has 0 spiro atoms. The topological polar surface area (TPSA) is 64.7 Å². The van der Waals surface area contributed by atoms with Crippen molar-refractivity contribution in [3.05, 3.63) is 30.3 Å². The van der Waals surface area contributed by atoms with Crippen molar-refractivity contribution >= 4 is 17.5 Å². The van der Waals surface area contributed by atoms with Crippen LogP contribution >= 0.6 is 0 Å². The van der Waals surface area contributed by atoms with Gasteiger partial charge in [0.25, 0.3) is 0 Å². The lowest BCUT2D eigenvalue weighted by atomic mass is 10.1. The average Bonchev–Trinajstić information content (AvgIpc) is 3.15. The molecular weight excluding hydrogens is 292 g/mol. The molecule has 2 fully saturated rings. The van der Waals surface area contributed by atoms with E-state index in [9.17, 15) is 9.59 Å². The quantitative estimate of drug-likeness (QED) is 0.824. The van der Waals surface area contributed by atoms with Gasteiger partial charge in [-0.2, -0.15) is 0 Å². The van der Waals surface area contributed by atoms with E-state index in [-0.39, 0.29) is 24.3 Å². The van der Waals surface area contributed by atoms with Crippen LogP contribution in [-0.4, -0.2) is 62.5 Å². The molecule has 2 saturated heterocycles. The molecule has 1 atom stereocenters. The number of carbonyl (C=O) groups is 2. The molecule has 1 unspecified atom stereocenters. The Morgan fingerprint density at radius 3 is 2.52 bits per heavy atom. The van der Waals surface area contributed by atoms with E-state index in [1.54, 1.807) is 0 Å². The number of nitrogens with one attached hydrogen (secondary N) is 2. The van der Waals surface area contributed by atoms with Crippen molar-refractivity contribution in [2.75, 3.05) is 50.7 Å². The third-order valence-corrected chi connectivity index (χ3v) is 4.60. The SMILES string of the molecule is O=C(NCC(=O)N1CCN(c2ccccc2)CC1)C1CCNC1. The van der Waals surface area contributed by atoms with Crippen molar-refractivity contribution in [1.29, 1.82) is 0 Å². The number of rotatable bonds is 4. The molecule has 23 heavy (non-hydrogen) atoms. The number of nitrogens with zero attached hydrogens (tertiary/aromatic N) is 2. The van der Waals surface area contributed by atoms with Crippen molar-refractivity contribution in [2.45, 2.75) is 6.42 Å². The summed E-state index contributed by atoms with van der Waals surface area (Å²) < 4.78 is 0. The van der Waals surface area contributed by atoms with Gasteiger partial charge >= 0.3 is 0 Å². The fourth-order valence-corrected chi connectivity index (χ4v) is 3.15. The van der Waals surface area contributed by atoms with Gasteiger partial charge < -0.3 is 20.4 Å². The predicted octanol–water partition coefficient (Wildman–Crippen LogP) is 0.0609. The maximum atomic E-state index is 12.2. The van der Waals surface area contributed by atoms with E-state index in [1.165, 1.54) is 5.69 Å². The minimum absolute atomic E-state index is 0.00808. The first-order chi connectivity index (χ1) is 11.2. The number of carbonyl (C=O) groups excluding carboxylic acids is 2. The van der Waals surface area contributed by atoms with E-state index >= 15 is 0 Å². The van der Waals surface area contributed by atoms with E-state index in [2.05, 4.69) is 27.7 Å². The van der Waals surface area contributed by atoms with Crippen molar-refractivity contribution in [1.82, 2.24) is 15.5 Å². The molecule has 2 aliphatic rings. The summed E-state index contributed by atoms with van der Waals surface area (Å²) in [6.45, 7) is 4.78. The normalized spacial score (nSPS) is 21.3. The number of hydrogen-bond acceptors (Lipinski definition) is 4. The predicted molar refractivity (Wildman–Crippen MR) is 89.2 cm³/mol. The fourth-order valence-electron chi connectivity index (χ4n) is 3.15. The summed E-state index contributed by atoms with van der Waals surface area (Å²) in [6, 6.07) is 10.2. The second kappa shape index (κ2) is 7.46. The summed E-state index contributed by atoms with van der Waals surface area (Å²) in [7, 11) is 0. The fraction of sp³-hybridized carbons (Fsp3) is 0.529. The summed E-state index contributed by atoms with van der Waals surface area (Å²) >= 11 is 0. The Hall–Kier alpha value is -2.08. The van der Waals surface area contributed by atoms with E-state index in [0.29, 0.717) is 13.1 Å². The molecule has 0 aliphatic carbocycles. The van der Waals surface area contributed by atoms with Gasteiger partial charge in [0.2, 0.25) is 11.8 Å². The second-order valence-corrected chi connectivity index (χ2v) is 6.11. The smallest absolute Gasteiger partial charge is 0.242 e. The molecule has 2 amide bonds. The first kappa shape index (κ1) is 15.8. The van der Waals surface area contributed by atoms with Crippen LogP contribution in [0.2, 0.25) is 0 Å². The Morgan fingerprint density at radius 1 is 1.13 bits per heavy atom. The van der Waals surface area contributed by atoms with Crippen LogP contribution in [0.5, 0.6) is 0 Å². The van der Waals surface area contributed by atoms with E-state index in [0.717, 1.165) is 32.6 Å². The van der Waals surface area contributed by atoms with Crippen molar-refractivity contribution in [2.24, 2.45) is 5.92 Å². The largest absolute Gasteiger partial charge is 0.368 e. The first-order valence-corrected chi connectivity index (χ1v) is 8.30. The molecule has 6 nitrogen and oxygen atoms in total. The van der Waals surface area contributed by atoms with Gasteiger partial charge in [-0.1, -0.05) is 18.2 Å². The van der Waals surface area contributed by atoms with Gasteiger partial charge in [0.15, 0.2) is 0 Å². The highest BCUT2D eigenvalue weighted by molar-refractivity contribution is 5.86. The Balaban J connectivity index is 1.42. The number of piperazine rings is 1. The van der Waals surface area contributed by atoms with Gasteiger partial charge in [0.05, 0.1) is 12.5 Å². The molecule has 124 valence electrons. The van der Waals surface area contributed by atoms with Gasteiger partial charge in [0.1, 0.15) is 0 Å². The number of benzene rings is 1. The molecule has 0 saturated carbocycles. The van der Waals surface area contributed by atoms with Crippen LogP contribution in [0.25, 0.3) is 0 Å². The Morgan fingerprint density at radius 2 is 1.87 bits per heavy atom. The maximum absolute atomic E-state index is 12.2. The van der Waals surface area contributed by atoms with Crippen LogP contribution in [0.4, 0.5) is 5.69 Å².